The highest BCUT2D eigenvalue weighted by Gasteiger charge is 2.45. The second-order valence-corrected chi connectivity index (χ2v) is 9.75. The number of carbonyl (C=O) groups excluding carboxylic acids is 1. The second-order valence-electron chi connectivity index (χ2n) is 7.59. The van der Waals surface area contributed by atoms with Crippen molar-refractivity contribution in [1.82, 2.24) is 10.2 Å². The monoisotopic (exact) mass is 348 g/mol. The molecule has 1 aromatic carbocycles. The van der Waals surface area contributed by atoms with E-state index in [1.165, 1.54) is 12.8 Å². The maximum Gasteiger partial charge on any atom is 0.317 e. The average Bonchev–Trinajstić information content (AvgIpc) is 3.20. The predicted octanol–water partition coefficient (Wildman–Crippen LogP) is 2.21. The zero-order valence-electron chi connectivity index (χ0n) is 13.7. The van der Waals surface area contributed by atoms with Crippen LogP contribution in [0.2, 0.25) is 0 Å². The number of urea groups is 1. The van der Waals surface area contributed by atoms with Crippen molar-refractivity contribution in [3.63, 3.8) is 0 Å². The van der Waals surface area contributed by atoms with Gasteiger partial charge in [0.1, 0.15) is 0 Å². The fourth-order valence-corrected chi connectivity index (χ4v) is 6.29. The van der Waals surface area contributed by atoms with Gasteiger partial charge < -0.3 is 10.2 Å². The van der Waals surface area contributed by atoms with E-state index in [1.807, 2.05) is 23.1 Å². The molecular weight excluding hydrogens is 324 g/mol. The molecule has 0 spiro atoms. The van der Waals surface area contributed by atoms with Gasteiger partial charge in [-0.2, -0.15) is 0 Å². The Morgan fingerprint density at radius 2 is 1.75 bits per heavy atom. The lowest BCUT2D eigenvalue weighted by Crippen LogP contribution is -2.41. The van der Waals surface area contributed by atoms with Crippen LogP contribution in [0.25, 0.3) is 0 Å². The van der Waals surface area contributed by atoms with Gasteiger partial charge >= 0.3 is 6.03 Å². The standard InChI is InChI=1S/C18H24N2O3S/c21-18(20-9-15-11-24(22,23)12-16(15)10-20)19-17(8-13-6-7-13)14-4-2-1-3-5-14/h1-5,13,15-17H,6-12H2,(H,19,21)/t15-,16+,17?. The normalized spacial score (nSPS) is 29.2. The molecule has 1 N–H and O–H groups in total. The first-order valence-corrected chi connectivity index (χ1v) is 10.6. The van der Waals surface area contributed by atoms with Gasteiger partial charge in [-0.1, -0.05) is 43.2 Å². The molecule has 0 bridgehead atoms. The number of hydrogen-bond acceptors (Lipinski definition) is 3. The third kappa shape index (κ3) is 3.43. The summed E-state index contributed by atoms with van der Waals surface area (Å²) in [6.07, 6.45) is 3.50. The highest BCUT2D eigenvalue weighted by molar-refractivity contribution is 7.91. The van der Waals surface area contributed by atoms with Crippen molar-refractivity contribution in [3.05, 3.63) is 35.9 Å². The minimum atomic E-state index is -2.89. The van der Waals surface area contributed by atoms with Crippen molar-refractivity contribution in [2.45, 2.75) is 25.3 Å². The number of amides is 2. The van der Waals surface area contributed by atoms with Crippen LogP contribution in [0.4, 0.5) is 4.79 Å². The maximum absolute atomic E-state index is 12.7. The Kier molecular flexibility index (Phi) is 4.03. The summed E-state index contributed by atoms with van der Waals surface area (Å²) in [4.78, 5) is 14.5. The molecule has 2 aliphatic heterocycles. The molecule has 2 heterocycles. The number of hydrogen-bond donors (Lipinski definition) is 1. The van der Waals surface area contributed by atoms with Gasteiger partial charge in [-0.3, -0.25) is 0 Å². The molecule has 3 fully saturated rings. The summed E-state index contributed by atoms with van der Waals surface area (Å²) in [7, 11) is -2.89. The van der Waals surface area contributed by atoms with Gasteiger partial charge in [0.2, 0.25) is 0 Å². The van der Waals surface area contributed by atoms with Crippen LogP contribution in [-0.2, 0) is 9.84 Å². The highest BCUT2D eigenvalue weighted by atomic mass is 32.2. The van der Waals surface area contributed by atoms with Gasteiger partial charge in [-0.05, 0) is 29.7 Å². The van der Waals surface area contributed by atoms with E-state index in [4.69, 9.17) is 0 Å². The maximum atomic E-state index is 12.7. The molecule has 1 aliphatic carbocycles. The molecule has 0 aromatic heterocycles. The SMILES string of the molecule is O=C(NC(CC1CC1)c1ccccc1)N1C[C@@H]2CS(=O)(=O)C[C@@H]2C1. The molecule has 2 amide bonds. The predicted molar refractivity (Wildman–Crippen MR) is 92.3 cm³/mol. The largest absolute Gasteiger partial charge is 0.331 e. The highest BCUT2D eigenvalue weighted by Crippen LogP contribution is 2.38. The van der Waals surface area contributed by atoms with Crippen LogP contribution in [0.15, 0.2) is 30.3 Å². The van der Waals surface area contributed by atoms with Gasteiger partial charge in [-0.15, -0.1) is 0 Å². The fourth-order valence-electron chi connectivity index (χ4n) is 4.09. The molecule has 24 heavy (non-hydrogen) atoms. The van der Waals surface area contributed by atoms with E-state index in [0.717, 1.165) is 17.9 Å². The lowest BCUT2D eigenvalue weighted by atomic mass is 10.0. The number of fused-ring (bicyclic) bond motifs is 1. The Hall–Kier alpha value is -1.56. The molecule has 5 nitrogen and oxygen atoms in total. The first-order chi connectivity index (χ1) is 11.5. The van der Waals surface area contributed by atoms with E-state index in [9.17, 15) is 13.2 Å². The minimum Gasteiger partial charge on any atom is -0.331 e. The van der Waals surface area contributed by atoms with Crippen molar-refractivity contribution < 1.29 is 13.2 Å². The van der Waals surface area contributed by atoms with Crippen LogP contribution >= 0.6 is 0 Å². The third-order valence-electron chi connectivity index (χ3n) is 5.57. The summed E-state index contributed by atoms with van der Waals surface area (Å²) >= 11 is 0. The summed E-state index contributed by atoms with van der Waals surface area (Å²) in [5.41, 5.74) is 1.15. The Morgan fingerprint density at radius 1 is 1.12 bits per heavy atom. The van der Waals surface area contributed by atoms with Crippen molar-refractivity contribution in [3.8, 4) is 0 Å². The van der Waals surface area contributed by atoms with Crippen LogP contribution in [0.1, 0.15) is 30.9 Å². The number of nitrogens with one attached hydrogen (secondary N) is 1. The Morgan fingerprint density at radius 3 is 2.33 bits per heavy atom. The number of benzene rings is 1. The quantitative estimate of drug-likeness (QED) is 0.907. The number of rotatable bonds is 4. The molecule has 1 saturated carbocycles. The van der Waals surface area contributed by atoms with Gasteiger partial charge in [0.15, 0.2) is 9.84 Å². The van der Waals surface area contributed by atoms with Gasteiger partial charge in [0, 0.05) is 13.1 Å². The molecule has 3 aliphatic rings. The summed E-state index contributed by atoms with van der Waals surface area (Å²) in [5, 5.41) is 3.19. The first-order valence-electron chi connectivity index (χ1n) is 8.81. The van der Waals surface area contributed by atoms with Crippen LogP contribution in [0.3, 0.4) is 0 Å². The molecule has 4 rings (SSSR count). The number of likely N-dealkylation sites (tertiary alicyclic amines) is 1. The van der Waals surface area contributed by atoms with E-state index in [2.05, 4.69) is 17.4 Å². The summed E-state index contributed by atoms with van der Waals surface area (Å²) in [6.45, 7) is 1.14. The third-order valence-corrected chi connectivity index (χ3v) is 7.44. The molecule has 6 heteroatoms. The second kappa shape index (κ2) is 6.06. The van der Waals surface area contributed by atoms with E-state index in [-0.39, 0.29) is 35.4 Å². The molecule has 1 unspecified atom stereocenters. The molecule has 1 aromatic rings. The van der Waals surface area contributed by atoms with Crippen LogP contribution in [-0.4, -0.2) is 43.9 Å². The van der Waals surface area contributed by atoms with E-state index in [1.54, 1.807) is 0 Å². The van der Waals surface area contributed by atoms with Gasteiger partial charge in [-0.25, -0.2) is 13.2 Å². The van der Waals surface area contributed by atoms with E-state index in [0.29, 0.717) is 13.1 Å². The van der Waals surface area contributed by atoms with E-state index >= 15 is 0 Å². The number of carbonyl (C=O) groups is 1. The zero-order valence-corrected chi connectivity index (χ0v) is 14.5. The van der Waals surface area contributed by atoms with Gasteiger partial charge in [0.05, 0.1) is 17.5 Å². The lowest BCUT2D eigenvalue weighted by molar-refractivity contribution is 0.201. The zero-order chi connectivity index (χ0) is 16.7. The topological polar surface area (TPSA) is 66.5 Å². The van der Waals surface area contributed by atoms with Crippen LogP contribution in [0, 0.1) is 17.8 Å². The molecular formula is C18H24N2O3S. The average molecular weight is 348 g/mol. The van der Waals surface area contributed by atoms with Crippen LogP contribution < -0.4 is 5.32 Å². The van der Waals surface area contributed by atoms with Crippen molar-refractivity contribution >= 4 is 15.9 Å². The molecule has 0 radical (unpaired) electrons. The van der Waals surface area contributed by atoms with Gasteiger partial charge in [0.25, 0.3) is 0 Å². The van der Waals surface area contributed by atoms with E-state index < -0.39 is 9.84 Å². The van der Waals surface area contributed by atoms with Crippen LogP contribution in [0.5, 0.6) is 0 Å². The molecule has 2 saturated heterocycles. The Bertz CT molecular complexity index is 695. The van der Waals surface area contributed by atoms with Crippen molar-refractivity contribution in [2.75, 3.05) is 24.6 Å². The van der Waals surface area contributed by atoms with Crippen molar-refractivity contribution in [2.24, 2.45) is 17.8 Å². The summed E-state index contributed by atoms with van der Waals surface area (Å²) < 4.78 is 23.4. The molecule has 130 valence electrons. The molecule has 3 atom stereocenters. The number of nitrogens with zero attached hydrogens (tertiary/aromatic N) is 1. The summed E-state index contributed by atoms with van der Waals surface area (Å²) in [5.74, 6) is 1.45. The first kappa shape index (κ1) is 15.9. The Labute approximate surface area is 143 Å². The lowest BCUT2D eigenvalue weighted by Gasteiger charge is -2.24. The fraction of sp³-hybridized carbons (Fsp3) is 0.611. The van der Waals surface area contributed by atoms with Crippen molar-refractivity contribution in [1.29, 1.82) is 0 Å². The Balaban J connectivity index is 1.41. The summed E-state index contributed by atoms with van der Waals surface area (Å²) in [6, 6.07) is 10.1. The minimum absolute atomic E-state index is 0.0451. The number of sulfone groups is 1. The smallest absolute Gasteiger partial charge is 0.317 e.